The van der Waals surface area contributed by atoms with Crippen LogP contribution in [0.15, 0.2) is 33.6 Å². The Morgan fingerprint density at radius 2 is 2.12 bits per heavy atom. The van der Waals surface area contributed by atoms with Gasteiger partial charge < -0.3 is 13.9 Å². The number of hydrogen-bond donors (Lipinski definition) is 0. The number of carbonyl (C=O) groups excluding carboxylic acids is 1. The van der Waals surface area contributed by atoms with Crippen molar-refractivity contribution < 1.29 is 22.4 Å². The third-order valence-corrected chi connectivity index (χ3v) is 4.01. The number of piperidine rings is 1. The van der Waals surface area contributed by atoms with E-state index in [0.29, 0.717) is 19.4 Å². The molecule has 25 heavy (non-hydrogen) atoms. The summed E-state index contributed by atoms with van der Waals surface area (Å²) in [4.78, 5) is 25.6. The molecule has 1 fully saturated rings. The third-order valence-electron chi connectivity index (χ3n) is 4.01. The second kappa shape index (κ2) is 6.69. The summed E-state index contributed by atoms with van der Waals surface area (Å²) in [5, 5.41) is 6.49. The fourth-order valence-corrected chi connectivity index (χ4v) is 2.76. The summed E-state index contributed by atoms with van der Waals surface area (Å²) in [5.41, 5.74) is -0.295. The Morgan fingerprint density at radius 3 is 2.80 bits per heavy atom. The van der Waals surface area contributed by atoms with Crippen LogP contribution in [0.4, 0.5) is 13.2 Å². The van der Waals surface area contributed by atoms with Crippen LogP contribution in [0, 0.1) is 0 Å². The Balaban J connectivity index is 1.68. The largest absolute Gasteiger partial charge is 0.470 e. The van der Waals surface area contributed by atoms with Crippen molar-refractivity contribution in [1.82, 2.24) is 19.7 Å². The van der Waals surface area contributed by atoms with E-state index >= 15 is 0 Å². The number of alkyl halides is 3. The predicted molar refractivity (Wildman–Crippen MR) is 78.6 cm³/mol. The van der Waals surface area contributed by atoms with Gasteiger partial charge in [-0.3, -0.25) is 9.59 Å². The van der Waals surface area contributed by atoms with Gasteiger partial charge in [-0.1, -0.05) is 6.07 Å². The van der Waals surface area contributed by atoms with Crippen molar-refractivity contribution in [2.45, 2.75) is 31.5 Å². The molecule has 0 radical (unpaired) electrons. The minimum absolute atomic E-state index is 0.121. The van der Waals surface area contributed by atoms with Gasteiger partial charge in [0.15, 0.2) is 0 Å². The van der Waals surface area contributed by atoms with Gasteiger partial charge in [0.1, 0.15) is 6.54 Å². The van der Waals surface area contributed by atoms with E-state index in [4.69, 9.17) is 4.42 Å². The lowest BCUT2D eigenvalue weighted by atomic mass is 9.98. The molecule has 1 saturated heterocycles. The molecule has 0 N–H and O–H groups in total. The van der Waals surface area contributed by atoms with E-state index in [9.17, 15) is 22.8 Å². The molecule has 3 rings (SSSR count). The molecule has 7 nitrogen and oxygen atoms in total. The van der Waals surface area contributed by atoms with E-state index in [1.54, 1.807) is 12.1 Å². The molecule has 1 aliphatic heterocycles. The minimum atomic E-state index is -4.69. The van der Waals surface area contributed by atoms with Crippen molar-refractivity contribution in [1.29, 1.82) is 0 Å². The minimum Gasteiger partial charge on any atom is -0.417 e. The lowest BCUT2D eigenvalue weighted by Gasteiger charge is -2.31. The number of hydrogen-bond acceptors (Lipinski definition) is 5. The molecule has 0 aromatic carbocycles. The lowest BCUT2D eigenvalue weighted by Crippen LogP contribution is -2.42. The van der Waals surface area contributed by atoms with E-state index in [1.807, 2.05) is 0 Å². The molecule has 0 aliphatic carbocycles. The van der Waals surface area contributed by atoms with Gasteiger partial charge in [-0.05, 0) is 18.9 Å². The fourth-order valence-electron chi connectivity index (χ4n) is 2.76. The normalized spacial score (nSPS) is 18.4. The first kappa shape index (κ1) is 17.2. The van der Waals surface area contributed by atoms with Gasteiger partial charge in [0.2, 0.25) is 11.8 Å². The summed E-state index contributed by atoms with van der Waals surface area (Å²) in [6.07, 6.45) is -2.03. The summed E-state index contributed by atoms with van der Waals surface area (Å²) >= 11 is 0. The fraction of sp³-hybridized carbons (Fsp3) is 0.467. The Bertz CT molecular complexity index is 815. The summed E-state index contributed by atoms with van der Waals surface area (Å²) in [5.74, 6) is -2.24. The monoisotopic (exact) mass is 356 g/mol. The van der Waals surface area contributed by atoms with E-state index in [0.717, 1.165) is 0 Å². The van der Waals surface area contributed by atoms with E-state index < -0.39 is 18.0 Å². The highest BCUT2D eigenvalue weighted by Gasteiger charge is 2.39. The van der Waals surface area contributed by atoms with Crippen LogP contribution in [0.5, 0.6) is 0 Å². The number of amides is 1. The van der Waals surface area contributed by atoms with Crippen molar-refractivity contribution in [2.24, 2.45) is 0 Å². The highest BCUT2D eigenvalue weighted by molar-refractivity contribution is 5.76. The Labute approximate surface area is 140 Å². The van der Waals surface area contributed by atoms with Gasteiger partial charge in [0, 0.05) is 25.4 Å². The molecule has 134 valence electrons. The summed E-state index contributed by atoms with van der Waals surface area (Å²) in [6.45, 7) is 0.529. The quantitative estimate of drug-likeness (QED) is 0.835. The highest BCUT2D eigenvalue weighted by Crippen LogP contribution is 2.32. The topological polar surface area (TPSA) is 81.2 Å². The van der Waals surface area contributed by atoms with Crippen molar-refractivity contribution in [3.63, 3.8) is 0 Å². The van der Waals surface area contributed by atoms with Crippen molar-refractivity contribution in [2.75, 3.05) is 13.1 Å². The van der Waals surface area contributed by atoms with Crippen LogP contribution in [0.25, 0.3) is 0 Å². The Hall–Kier alpha value is -2.65. The zero-order chi connectivity index (χ0) is 18.0. The van der Waals surface area contributed by atoms with E-state index in [1.165, 1.54) is 21.7 Å². The molecule has 1 aliphatic rings. The molecule has 0 saturated carbocycles. The zero-order valence-electron chi connectivity index (χ0n) is 13.1. The van der Waals surface area contributed by atoms with Crippen LogP contribution >= 0.6 is 0 Å². The number of aromatic nitrogens is 3. The molecule has 1 amide bonds. The maximum Gasteiger partial charge on any atom is 0.470 e. The predicted octanol–water partition coefficient (Wildman–Crippen LogP) is 1.66. The van der Waals surface area contributed by atoms with Crippen molar-refractivity contribution in [3.8, 4) is 0 Å². The number of likely N-dealkylation sites (tertiary alicyclic amines) is 1. The summed E-state index contributed by atoms with van der Waals surface area (Å²) in [6, 6.07) is 4.57. The van der Waals surface area contributed by atoms with Gasteiger partial charge in [0.25, 0.3) is 5.56 Å². The smallest absolute Gasteiger partial charge is 0.417 e. The van der Waals surface area contributed by atoms with Crippen LogP contribution in [0.2, 0.25) is 0 Å². The van der Waals surface area contributed by atoms with E-state index in [2.05, 4.69) is 10.2 Å². The summed E-state index contributed by atoms with van der Waals surface area (Å²) in [7, 11) is 0. The first-order valence-electron chi connectivity index (χ1n) is 7.68. The van der Waals surface area contributed by atoms with Gasteiger partial charge in [-0.2, -0.15) is 13.2 Å². The average Bonchev–Trinajstić information content (AvgIpc) is 3.07. The number of nitrogens with zero attached hydrogens (tertiary/aromatic N) is 4. The molecule has 1 unspecified atom stereocenters. The third kappa shape index (κ3) is 3.89. The second-order valence-corrected chi connectivity index (χ2v) is 5.79. The van der Waals surface area contributed by atoms with Crippen LogP contribution in [-0.4, -0.2) is 38.7 Å². The molecule has 10 heteroatoms. The summed E-state index contributed by atoms with van der Waals surface area (Å²) < 4.78 is 43.7. The van der Waals surface area contributed by atoms with Crippen molar-refractivity contribution >= 4 is 5.91 Å². The number of rotatable bonds is 3. The Kier molecular flexibility index (Phi) is 4.60. The Morgan fingerprint density at radius 1 is 1.32 bits per heavy atom. The standard InChI is InChI=1S/C15H15F3N4O3/c16-15(17,18)14-20-19-13(25-14)10-4-3-7-21(8-10)12(24)9-22-6-2-1-5-11(22)23/h1-2,5-6,10H,3-4,7-9H2. The second-order valence-electron chi connectivity index (χ2n) is 5.79. The molecule has 2 aromatic rings. The van der Waals surface area contributed by atoms with Gasteiger partial charge in [-0.15, -0.1) is 10.2 Å². The maximum atomic E-state index is 12.6. The van der Waals surface area contributed by atoms with Crippen LogP contribution in [0.1, 0.15) is 30.5 Å². The number of pyridine rings is 1. The molecular formula is C15H15F3N4O3. The van der Waals surface area contributed by atoms with Crippen LogP contribution in [0.3, 0.4) is 0 Å². The van der Waals surface area contributed by atoms with Gasteiger partial charge >= 0.3 is 12.1 Å². The SMILES string of the molecule is O=C(Cn1ccccc1=O)N1CCCC(c2nnc(C(F)(F)F)o2)C1. The van der Waals surface area contributed by atoms with Gasteiger partial charge in [0.05, 0.1) is 5.92 Å². The number of carbonyl (C=O) groups is 1. The highest BCUT2D eigenvalue weighted by atomic mass is 19.4. The molecular weight excluding hydrogens is 341 g/mol. The van der Waals surface area contributed by atoms with Crippen molar-refractivity contribution in [3.05, 3.63) is 46.5 Å². The molecule has 0 spiro atoms. The molecule has 1 atom stereocenters. The first-order valence-corrected chi connectivity index (χ1v) is 7.68. The molecule has 2 aromatic heterocycles. The zero-order valence-corrected chi connectivity index (χ0v) is 13.1. The number of halogens is 3. The van der Waals surface area contributed by atoms with Crippen LogP contribution < -0.4 is 5.56 Å². The molecule has 0 bridgehead atoms. The lowest BCUT2D eigenvalue weighted by molar-refractivity contribution is -0.157. The first-order chi connectivity index (χ1) is 11.8. The van der Waals surface area contributed by atoms with Gasteiger partial charge in [-0.25, -0.2) is 0 Å². The average molecular weight is 356 g/mol. The molecule has 3 heterocycles. The van der Waals surface area contributed by atoms with Crippen LogP contribution in [-0.2, 0) is 17.5 Å². The van der Waals surface area contributed by atoms with E-state index in [-0.39, 0.29) is 30.4 Å². The maximum absolute atomic E-state index is 12.6.